The molecule has 2 nitrogen and oxygen atoms in total. The summed E-state index contributed by atoms with van der Waals surface area (Å²) in [5.74, 6) is 0. The van der Waals surface area contributed by atoms with Crippen LogP contribution in [-0.4, -0.2) is 21.7 Å². The molecule has 1 rings (SSSR count). The summed E-state index contributed by atoms with van der Waals surface area (Å²) in [6.07, 6.45) is 4.97. The first kappa shape index (κ1) is 8.43. The molecule has 1 aliphatic carbocycles. The first-order valence-corrected chi connectivity index (χ1v) is 4.75. The summed E-state index contributed by atoms with van der Waals surface area (Å²) in [4.78, 5) is 0. The lowest BCUT2D eigenvalue weighted by Gasteiger charge is -2.20. The van der Waals surface area contributed by atoms with Crippen molar-refractivity contribution in [2.24, 2.45) is 0 Å². The third-order valence-electron chi connectivity index (χ3n) is 1.87. The predicted molar refractivity (Wildman–Crippen MR) is 44.7 cm³/mol. The molecule has 0 amide bonds. The van der Waals surface area contributed by atoms with E-state index in [0.717, 1.165) is 12.8 Å². The molecular weight excluding hydrogens is 147 g/mol. The van der Waals surface area contributed by atoms with Gasteiger partial charge >= 0.3 is 6.40 Å². The van der Waals surface area contributed by atoms with Crippen molar-refractivity contribution < 1.29 is 10.0 Å². The Kier molecular flexibility index (Phi) is 3.59. The first-order valence-electron chi connectivity index (χ1n) is 3.80. The van der Waals surface area contributed by atoms with E-state index in [1.54, 1.807) is 0 Å². The molecule has 1 aliphatic rings. The molecule has 58 valence electrons. The molecule has 10 heavy (non-hydrogen) atoms. The summed E-state index contributed by atoms with van der Waals surface area (Å²) < 4.78 is 0. The van der Waals surface area contributed by atoms with Crippen LogP contribution < -0.4 is 0 Å². The van der Waals surface area contributed by atoms with Gasteiger partial charge in [-0.05, 0) is 18.1 Å². The standard InChI is InChI=1S/C6H13BO2S/c8-7(9)10-6-4-2-1-3-5-6/h6,8-9H,1-5H2. The van der Waals surface area contributed by atoms with Crippen LogP contribution in [0.25, 0.3) is 0 Å². The molecule has 0 bridgehead atoms. The molecule has 0 unspecified atom stereocenters. The largest absolute Gasteiger partial charge is 0.526 e. The molecule has 0 aromatic carbocycles. The summed E-state index contributed by atoms with van der Waals surface area (Å²) in [5, 5.41) is 17.7. The summed E-state index contributed by atoms with van der Waals surface area (Å²) in [5.41, 5.74) is 0. The van der Waals surface area contributed by atoms with Gasteiger partial charge in [-0.15, -0.1) is 11.6 Å². The van der Waals surface area contributed by atoms with Crippen molar-refractivity contribution in [1.82, 2.24) is 0 Å². The fraction of sp³-hybridized carbons (Fsp3) is 1.00. The highest BCUT2D eigenvalue weighted by atomic mass is 32.2. The van der Waals surface area contributed by atoms with Crippen molar-refractivity contribution in [3.8, 4) is 0 Å². The van der Waals surface area contributed by atoms with Crippen LogP contribution in [0.3, 0.4) is 0 Å². The summed E-state index contributed by atoms with van der Waals surface area (Å²) in [7, 11) is 0. The number of hydrogen-bond donors (Lipinski definition) is 2. The molecule has 0 heterocycles. The highest BCUT2D eigenvalue weighted by Gasteiger charge is 2.19. The number of hydrogen-bond acceptors (Lipinski definition) is 3. The molecule has 4 heteroatoms. The Morgan fingerprint density at radius 3 is 2.20 bits per heavy atom. The van der Waals surface area contributed by atoms with E-state index < -0.39 is 6.40 Å². The van der Waals surface area contributed by atoms with Crippen LogP contribution in [0.2, 0.25) is 0 Å². The zero-order valence-electron chi connectivity index (χ0n) is 5.99. The van der Waals surface area contributed by atoms with E-state index in [4.69, 9.17) is 10.0 Å². The average molecular weight is 160 g/mol. The molecule has 0 spiro atoms. The molecule has 0 atom stereocenters. The lowest BCUT2D eigenvalue weighted by molar-refractivity contribution is 0.435. The predicted octanol–water partition coefficient (Wildman–Crippen LogP) is 1.02. The highest BCUT2D eigenvalue weighted by Crippen LogP contribution is 2.28. The third-order valence-corrected chi connectivity index (χ3v) is 2.97. The highest BCUT2D eigenvalue weighted by molar-refractivity contribution is 8.24. The Morgan fingerprint density at radius 1 is 1.10 bits per heavy atom. The molecule has 0 aliphatic heterocycles. The van der Waals surface area contributed by atoms with Crippen LogP contribution in [0.5, 0.6) is 0 Å². The maximum Gasteiger partial charge on any atom is 0.526 e. The summed E-state index contributed by atoms with van der Waals surface area (Å²) in [6.45, 7) is 0. The SMILES string of the molecule is OB(O)SC1CCCCC1. The van der Waals surface area contributed by atoms with E-state index in [1.165, 1.54) is 30.9 Å². The van der Waals surface area contributed by atoms with Gasteiger partial charge in [0, 0.05) is 0 Å². The van der Waals surface area contributed by atoms with Gasteiger partial charge in [0.2, 0.25) is 0 Å². The van der Waals surface area contributed by atoms with Crippen molar-refractivity contribution >= 4 is 18.0 Å². The monoisotopic (exact) mass is 160 g/mol. The second-order valence-corrected chi connectivity index (χ2v) is 4.08. The molecule has 1 saturated carbocycles. The lowest BCUT2D eigenvalue weighted by atomic mass is 10.0. The zero-order valence-corrected chi connectivity index (χ0v) is 6.81. The fourth-order valence-corrected chi connectivity index (χ4v) is 2.32. The van der Waals surface area contributed by atoms with E-state index in [-0.39, 0.29) is 0 Å². The average Bonchev–Trinajstić information content (AvgIpc) is 1.88. The van der Waals surface area contributed by atoms with Gasteiger partial charge in [0.05, 0.1) is 0 Å². The quantitative estimate of drug-likeness (QED) is 0.592. The second-order valence-electron chi connectivity index (χ2n) is 2.72. The van der Waals surface area contributed by atoms with E-state index in [9.17, 15) is 0 Å². The van der Waals surface area contributed by atoms with Crippen LogP contribution in [0.1, 0.15) is 32.1 Å². The van der Waals surface area contributed by atoms with Crippen molar-refractivity contribution in [3.05, 3.63) is 0 Å². The van der Waals surface area contributed by atoms with E-state index in [1.807, 2.05) is 0 Å². The molecule has 0 aromatic heterocycles. The van der Waals surface area contributed by atoms with Crippen LogP contribution in [0.15, 0.2) is 0 Å². The van der Waals surface area contributed by atoms with Crippen LogP contribution in [0, 0.1) is 0 Å². The van der Waals surface area contributed by atoms with Crippen molar-refractivity contribution in [2.75, 3.05) is 0 Å². The van der Waals surface area contributed by atoms with Crippen molar-refractivity contribution in [3.63, 3.8) is 0 Å². The normalized spacial score (nSPS) is 21.0. The van der Waals surface area contributed by atoms with Gasteiger partial charge in [0.1, 0.15) is 0 Å². The van der Waals surface area contributed by atoms with Crippen LogP contribution >= 0.6 is 11.6 Å². The Hall–Kier alpha value is 0.335. The molecule has 2 N–H and O–H groups in total. The van der Waals surface area contributed by atoms with Gasteiger partial charge in [-0.1, -0.05) is 19.3 Å². The molecule has 0 radical (unpaired) electrons. The van der Waals surface area contributed by atoms with Crippen molar-refractivity contribution in [1.29, 1.82) is 0 Å². The Balaban J connectivity index is 2.13. The van der Waals surface area contributed by atoms with E-state index >= 15 is 0 Å². The summed E-state index contributed by atoms with van der Waals surface area (Å²) >= 11 is 1.29. The third kappa shape index (κ3) is 2.95. The Labute approximate surface area is 66.1 Å². The smallest absolute Gasteiger partial charge is 0.418 e. The molecule has 0 saturated heterocycles. The number of rotatable bonds is 2. The fourth-order valence-electron chi connectivity index (χ4n) is 1.37. The van der Waals surface area contributed by atoms with Gasteiger partial charge in [0.15, 0.2) is 0 Å². The molecular formula is C6H13BO2S. The zero-order chi connectivity index (χ0) is 7.40. The van der Waals surface area contributed by atoms with Gasteiger partial charge < -0.3 is 10.0 Å². The lowest BCUT2D eigenvalue weighted by Crippen LogP contribution is -2.16. The maximum absolute atomic E-state index is 8.62. The minimum absolute atomic E-state index is 0.494. The van der Waals surface area contributed by atoms with E-state index in [0.29, 0.717) is 5.25 Å². The molecule has 0 aromatic rings. The van der Waals surface area contributed by atoms with Gasteiger partial charge in [-0.3, -0.25) is 0 Å². The Morgan fingerprint density at radius 2 is 1.70 bits per heavy atom. The van der Waals surface area contributed by atoms with E-state index in [2.05, 4.69) is 0 Å². The minimum Gasteiger partial charge on any atom is -0.418 e. The summed E-state index contributed by atoms with van der Waals surface area (Å²) in [6, 6.07) is 0. The molecule has 1 fully saturated rings. The van der Waals surface area contributed by atoms with Crippen LogP contribution in [0.4, 0.5) is 0 Å². The Bertz CT molecular complexity index is 93.7. The second kappa shape index (κ2) is 4.26. The van der Waals surface area contributed by atoms with Crippen molar-refractivity contribution in [2.45, 2.75) is 37.4 Å². The van der Waals surface area contributed by atoms with Gasteiger partial charge in [-0.2, -0.15) is 0 Å². The van der Waals surface area contributed by atoms with Gasteiger partial charge in [-0.25, -0.2) is 0 Å². The maximum atomic E-state index is 8.62. The topological polar surface area (TPSA) is 40.5 Å². The van der Waals surface area contributed by atoms with Crippen LogP contribution in [-0.2, 0) is 0 Å². The first-order chi connectivity index (χ1) is 4.79. The minimum atomic E-state index is -1.16. The van der Waals surface area contributed by atoms with Gasteiger partial charge in [0.25, 0.3) is 0 Å².